The zero-order valence-electron chi connectivity index (χ0n) is 17.6. The summed E-state index contributed by atoms with van der Waals surface area (Å²) in [6.07, 6.45) is 3.33. The van der Waals surface area contributed by atoms with Crippen LogP contribution in [0.15, 0.2) is 48.5 Å². The molecule has 2 fully saturated rings. The van der Waals surface area contributed by atoms with Crippen LogP contribution >= 0.6 is 0 Å². The van der Waals surface area contributed by atoms with Crippen molar-refractivity contribution < 1.29 is 23.9 Å². The van der Waals surface area contributed by atoms with E-state index in [-0.39, 0.29) is 48.7 Å². The number of nitrogens with zero attached hydrogens (tertiary/aromatic N) is 2. The molecule has 2 aliphatic carbocycles. The van der Waals surface area contributed by atoms with Gasteiger partial charge in [-0.05, 0) is 55.5 Å². The molecule has 6 nitrogen and oxygen atoms in total. The summed E-state index contributed by atoms with van der Waals surface area (Å²) in [4.78, 5) is 41.3. The number of halogens is 1. The molecular formula is C25H25FN2O4. The molecular weight excluding hydrogens is 411 g/mol. The van der Waals surface area contributed by atoms with Gasteiger partial charge >= 0.3 is 5.97 Å². The Morgan fingerprint density at radius 3 is 2.44 bits per heavy atom. The molecule has 2 amide bonds. The largest absolute Gasteiger partial charge is 0.481 e. The standard InChI is InChI=1S/C25H25FN2O4/c26-16-5-3-4-15(14-16)25(32)28-20-7-2-1-6-18(20)24(19-10-11-21(19)28)27(17-8-9-17)22(29)12-13-23(30)31/h1-7,14,17,19,21,24H,8-13H2,(H,30,31)/t19-,21+,24+/m1/s1. The van der Waals surface area contributed by atoms with Gasteiger partial charge in [0.1, 0.15) is 5.82 Å². The second-order valence-corrected chi connectivity index (χ2v) is 8.92. The van der Waals surface area contributed by atoms with E-state index in [0.29, 0.717) is 5.56 Å². The van der Waals surface area contributed by atoms with Crippen molar-refractivity contribution in [3.63, 3.8) is 0 Å². The number of carboxylic acids is 1. The normalized spacial score (nSPS) is 23.5. The van der Waals surface area contributed by atoms with Gasteiger partial charge in [0.25, 0.3) is 5.91 Å². The topological polar surface area (TPSA) is 77.9 Å². The summed E-state index contributed by atoms with van der Waals surface area (Å²) in [7, 11) is 0. The number of fused-ring (bicyclic) bond motifs is 2. The van der Waals surface area contributed by atoms with Crippen molar-refractivity contribution in [1.29, 1.82) is 0 Å². The second-order valence-electron chi connectivity index (χ2n) is 8.92. The summed E-state index contributed by atoms with van der Waals surface area (Å²) in [5.74, 6) is -1.72. The molecule has 0 spiro atoms. The van der Waals surface area contributed by atoms with Gasteiger partial charge in [-0.25, -0.2) is 4.39 Å². The smallest absolute Gasteiger partial charge is 0.303 e. The molecule has 166 valence electrons. The van der Waals surface area contributed by atoms with Crippen LogP contribution in [-0.2, 0) is 9.59 Å². The first-order chi connectivity index (χ1) is 15.5. The van der Waals surface area contributed by atoms with Crippen LogP contribution in [0, 0.1) is 11.7 Å². The third-order valence-corrected chi connectivity index (χ3v) is 6.91. The Balaban J connectivity index is 1.53. The first-order valence-electron chi connectivity index (χ1n) is 11.2. The van der Waals surface area contributed by atoms with Gasteiger partial charge < -0.3 is 14.9 Å². The summed E-state index contributed by atoms with van der Waals surface area (Å²) in [5.41, 5.74) is 1.97. The van der Waals surface area contributed by atoms with E-state index in [4.69, 9.17) is 5.11 Å². The van der Waals surface area contributed by atoms with E-state index >= 15 is 0 Å². The van der Waals surface area contributed by atoms with Gasteiger partial charge in [0.05, 0.1) is 12.5 Å². The highest BCUT2D eigenvalue weighted by molar-refractivity contribution is 6.07. The van der Waals surface area contributed by atoms with Gasteiger partial charge in [0.2, 0.25) is 5.91 Å². The van der Waals surface area contributed by atoms with Crippen LogP contribution in [0.25, 0.3) is 0 Å². The molecule has 3 aliphatic rings. The maximum Gasteiger partial charge on any atom is 0.303 e. The van der Waals surface area contributed by atoms with Crippen molar-refractivity contribution in [2.75, 3.05) is 4.90 Å². The first-order valence-corrected chi connectivity index (χ1v) is 11.2. The molecule has 2 saturated carbocycles. The lowest BCUT2D eigenvalue weighted by molar-refractivity contribution is -0.143. The van der Waals surface area contributed by atoms with E-state index in [1.165, 1.54) is 18.2 Å². The fourth-order valence-corrected chi connectivity index (χ4v) is 5.22. The lowest BCUT2D eigenvalue weighted by Gasteiger charge is -2.55. The molecule has 1 aliphatic heterocycles. The van der Waals surface area contributed by atoms with Crippen LogP contribution < -0.4 is 4.90 Å². The van der Waals surface area contributed by atoms with Gasteiger partial charge in [-0.15, -0.1) is 0 Å². The minimum Gasteiger partial charge on any atom is -0.481 e. The average molecular weight is 436 g/mol. The van der Waals surface area contributed by atoms with Gasteiger partial charge in [-0.3, -0.25) is 14.4 Å². The summed E-state index contributed by atoms with van der Waals surface area (Å²) < 4.78 is 13.8. The Bertz CT molecular complexity index is 1080. The zero-order chi connectivity index (χ0) is 22.4. The van der Waals surface area contributed by atoms with Crippen LogP contribution in [0.3, 0.4) is 0 Å². The fraction of sp³-hybridized carbons (Fsp3) is 0.400. The van der Waals surface area contributed by atoms with Crippen LogP contribution in [0.4, 0.5) is 10.1 Å². The quantitative estimate of drug-likeness (QED) is 0.738. The summed E-state index contributed by atoms with van der Waals surface area (Å²) in [6.45, 7) is 0. The van der Waals surface area contributed by atoms with E-state index in [9.17, 15) is 18.8 Å². The minimum absolute atomic E-state index is 0.0200. The number of hydrogen-bond donors (Lipinski definition) is 1. The highest BCUT2D eigenvalue weighted by Crippen LogP contribution is 2.54. The SMILES string of the molecule is O=C(O)CCC(=O)N(C1CC1)[C@H]1c2ccccc2N(C(=O)c2cccc(F)c2)[C@H]2CC[C@H]21. The lowest BCUT2D eigenvalue weighted by Crippen LogP contribution is -2.59. The average Bonchev–Trinajstić information content (AvgIpc) is 3.58. The number of rotatable bonds is 6. The number of para-hydroxylation sites is 1. The Morgan fingerprint density at radius 1 is 1.00 bits per heavy atom. The summed E-state index contributed by atoms with van der Waals surface area (Å²) in [5, 5.41) is 9.05. The first kappa shape index (κ1) is 20.7. The molecule has 1 heterocycles. The van der Waals surface area contributed by atoms with Crippen molar-refractivity contribution in [3.8, 4) is 0 Å². The highest BCUT2D eigenvalue weighted by atomic mass is 19.1. The third-order valence-electron chi connectivity index (χ3n) is 6.91. The number of aliphatic carboxylic acids is 1. The molecule has 7 heteroatoms. The number of carbonyl (C=O) groups excluding carboxylic acids is 2. The Hall–Kier alpha value is -3.22. The van der Waals surface area contributed by atoms with E-state index in [2.05, 4.69) is 0 Å². The molecule has 0 bridgehead atoms. The maximum atomic E-state index is 13.8. The number of amides is 2. The third kappa shape index (κ3) is 3.55. The molecule has 5 rings (SSSR count). The van der Waals surface area contributed by atoms with Crippen molar-refractivity contribution in [3.05, 3.63) is 65.5 Å². The Morgan fingerprint density at radius 2 is 1.78 bits per heavy atom. The molecule has 2 aromatic carbocycles. The van der Waals surface area contributed by atoms with Gasteiger partial charge in [0.15, 0.2) is 0 Å². The molecule has 0 aromatic heterocycles. The van der Waals surface area contributed by atoms with Gasteiger partial charge in [-0.2, -0.15) is 0 Å². The molecule has 1 N–H and O–H groups in total. The predicted molar refractivity (Wildman–Crippen MR) is 116 cm³/mol. The van der Waals surface area contributed by atoms with Crippen LogP contribution in [0.5, 0.6) is 0 Å². The van der Waals surface area contributed by atoms with E-state index in [0.717, 1.165) is 36.9 Å². The summed E-state index contributed by atoms with van der Waals surface area (Å²) >= 11 is 0. The predicted octanol–water partition coefficient (Wildman–Crippen LogP) is 4.16. The van der Waals surface area contributed by atoms with Crippen LogP contribution in [-0.4, -0.2) is 39.9 Å². The molecule has 0 unspecified atom stereocenters. The molecule has 0 radical (unpaired) electrons. The number of hydrogen-bond acceptors (Lipinski definition) is 3. The number of carbonyl (C=O) groups is 3. The zero-order valence-corrected chi connectivity index (χ0v) is 17.6. The van der Waals surface area contributed by atoms with Gasteiger partial charge in [0, 0.05) is 35.7 Å². The van der Waals surface area contributed by atoms with Crippen molar-refractivity contribution in [2.24, 2.45) is 5.92 Å². The van der Waals surface area contributed by atoms with Crippen LogP contribution in [0.1, 0.15) is 60.5 Å². The number of anilines is 1. The van der Waals surface area contributed by atoms with E-state index in [1.807, 2.05) is 29.2 Å². The molecule has 3 atom stereocenters. The fourth-order valence-electron chi connectivity index (χ4n) is 5.22. The van der Waals surface area contributed by atoms with Crippen molar-refractivity contribution in [2.45, 2.75) is 56.7 Å². The highest BCUT2D eigenvalue weighted by Gasteiger charge is 2.53. The van der Waals surface area contributed by atoms with Crippen LogP contribution in [0.2, 0.25) is 0 Å². The maximum absolute atomic E-state index is 13.8. The number of carboxylic acid groups (broad SMARTS) is 1. The summed E-state index contributed by atoms with van der Waals surface area (Å²) in [6, 6.07) is 13.2. The monoisotopic (exact) mass is 436 g/mol. The molecule has 0 saturated heterocycles. The molecule has 2 aromatic rings. The lowest BCUT2D eigenvalue weighted by atomic mass is 9.67. The van der Waals surface area contributed by atoms with Crippen molar-refractivity contribution >= 4 is 23.5 Å². The van der Waals surface area contributed by atoms with E-state index in [1.54, 1.807) is 11.0 Å². The van der Waals surface area contributed by atoms with Crippen molar-refractivity contribution in [1.82, 2.24) is 4.90 Å². The number of benzene rings is 2. The Labute approximate surface area is 185 Å². The van der Waals surface area contributed by atoms with Gasteiger partial charge in [-0.1, -0.05) is 24.3 Å². The molecule has 32 heavy (non-hydrogen) atoms. The Kier molecular flexibility index (Phi) is 5.19. The van der Waals surface area contributed by atoms with E-state index < -0.39 is 11.8 Å². The second kappa shape index (κ2) is 8.04. The minimum atomic E-state index is -0.980.